The zero-order chi connectivity index (χ0) is 13.5. The highest BCUT2D eigenvalue weighted by molar-refractivity contribution is 5.76. The first kappa shape index (κ1) is 13.7. The normalized spacial score (nSPS) is 15.1. The summed E-state index contributed by atoms with van der Waals surface area (Å²) in [5.74, 6) is 1.64. The molecule has 1 saturated heterocycles. The topological polar surface area (TPSA) is 50.8 Å². The van der Waals surface area contributed by atoms with Gasteiger partial charge in [-0.15, -0.1) is 0 Å². The van der Waals surface area contributed by atoms with Crippen molar-refractivity contribution in [2.45, 2.75) is 6.42 Å². The molecule has 0 spiro atoms. The van der Waals surface area contributed by atoms with Crippen LogP contribution >= 0.6 is 0 Å². The van der Waals surface area contributed by atoms with Gasteiger partial charge in [0.05, 0.1) is 20.1 Å². The molecule has 0 bridgehead atoms. The highest BCUT2D eigenvalue weighted by Gasteiger charge is 2.15. The number of carbonyl (C=O) groups is 1. The van der Waals surface area contributed by atoms with Crippen molar-refractivity contribution in [3.05, 3.63) is 24.3 Å². The number of benzene rings is 1. The van der Waals surface area contributed by atoms with E-state index in [0.717, 1.165) is 37.7 Å². The van der Waals surface area contributed by atoms with Gasteiger partial charge in [0.15, 0.2) is 0 Å². The van der Waals surface area contributed by atoms with Gasteiger partial charge in [0.25, 0.3) is 0 Å². The Labute approximate surface area is 113 Å². The molecule has 5 heteroatoms. The maximum atomic E-state index is 11.9. The lowest BCUT2D eigenvalue weighted by Crippen LogP contribution is -2.46. The lowest BCUT2D eigenvalue weighted by molar-refractivity contribution is -0.132. The Balaban J connectivity index is 1.74. The Morgan fingerprint density at radius 1 is 1.32 bits per heavy atom. The van der Waals surface area contributed by atoms with Crippen LogP contribution < -0.4 is 14.8 Å². The van der Waals surface area contributed by atoms with Crippen LogP contribution in [0.25, 0.3) is 0 Å². The molecule has 1 N–H and O–H groups in total. The van der Waals surface area contributed by atoms with Gasteiger partial charge >= 0.3 is 0 Å². The Morgan fingerprint density at radius 3 is 2.79 bits per heavy atom. The van der Waals surface area contributed by atoms with Gasteiger partial charge in [-0.3, -0.25) is 4.79 Å². The Morgan fingerprint density at radius 2 is 2.05 bits per heavy atom. The van der Waals surface area contributed by atoms with Crippen LogP contribution in [0.1, 0.15) is 6.42 Å². The molecule has 0 atom stereocenters. The zero-order valence-electron chi connectivity index (χ0n) is 11.2. The van der Waals surface area contributed by atoms with Gasteiger partial charge in [-0.1, -0.05) is 6.07 Å². The van der Waals surface area contributed by atoms with Crippen molar-refractivity contribution in [2.24, 2.45) is 0 Å². The summed E-state index contributed by atoms with van der Waals surface area (Å²) in [4.78, 5) is 13.8. The summed E-state index contributed by atoms with van der Waals surface area (Å²) < 4.78 is 10.7. The third kappa shape index (κ3) is 4.13. The van der Waals surface area contributed by atoms with Crippen molar-refractivity contribution in [3.63, 3.8) is 0 Å². The van der Waals surface area contributed by atoms with E-state index in [9.17, 15) is 4.79 Å². The SMILES string of the molecule is COc1cccc(OCCC(=O)N2CCNCC2)c1. The van der Waals surface area contributed by atoms with Crippen molar-refractivity contribution in [1.82, 2.24) is 10.2 Å². The van der Waals surface area contributed by atoms with E-state index in [1.165, 1.54) is 0 Å². The smallest absolute Gasteiger partial charge is 0.226 e. The molecule has 0 aromatic heterocycles. The maximum absolute atomic E-state index is 11.9. The van der Waals surface area contributed by atoms with Gasteiger partial charge in [0, 0.05) is 32.2 Å². The molecule has 1 aliphatic rings. The number of methoxy groups -OCH3 is 1. The first-order valence-electron chi connectivity index (χ1n) is 6.55. The van der Waals surface area contributed by atoms with Crippen LogP contribution in [0.5, 0.6) is 11.5 Å². The number of rotatable bonds is 5. The Bertz CT molecular complexity index is 417. The lowest BCUT2D eigenvalue weighted by Gasteiger charge is -2.27. The van der Waals surface area contributed by atoms with Crippen LogP contribution in [0, 0.1) is 0 Å². The second-order valence-electron chi connectivity index (χ2n) is 4.41. The van der Waals surface area contributed by atoms with Gasteiger partial charge < -0.3 is 19.7 Å². The summed E-state index contributed by atoms with van der Waals surface area (Å²) in [6, 6.07) is 7.40. The van der Waals surface area contributed by atoms with E-state index in [4.69, 9.17) is 9.47 Å². The molecule has 0 aliphatic carbocycles. The predicted octanol–water partition coefficient (Wildman–Crippen LogP) is 0.896. The number of piperazine rings is 1. The predicted molar refractivity (Wildman–Crippen MR) is 72.6 cm³/mol. The molecule has 19 heavy (non-hydrogen) atoms. The summed E-state index contributed by atoms with van der Waals surface area (Å²) in [7, 11) is 1.62. The van der Waals surface area contributed by atoms with E-state index in [2.05, 4.69) is 5.32 Å². The minimum atomic E-state index is 0.157. The third-order valence-electron chi connectivity index (χ3n) is 3.10. The van der Waals surface area contributed by atoms with E-state index in [0.29, 0.717) is 13.0 Å². The van der Waals surface area contributed by atoms with E-state index in [-0.39, 0.29) is 5.91 Å². The molecule has 1 aromatic carbocycles. The first-order valence-corrected chi connectivity index (χ1v) is 6.55. The van der Waals surface area contributed by atoms with Crippen molar-refractivity contribution in [3.8, 4) is 11.5 Å². The minimum Gasteiger partial charge on any atom is -0.497 e. The minimum absolute atomic E-state index is 0.157. The number of carbonyl (C=O) groups excluding carboxylic acids is 1. The van der Waals surface area contributed by atoms with Crippen LogP contribution in [-0.2, 0) is 4.79 Å². The number of hydrogen-bond acceptors (Lipinski definition) is 4. The van der Waals surface area contributed by atoms with Crippen LogP contribution in [0.4, 0.5) is 0 Å². The first-order chi connectivity index (χ1) is 9.29. The van der Waals surface area contributed by atoms with Crippen molar-refractivity contribution >= 4 is 5.91 Å². The van der Waals surface area contributed by atoms with Gasteiger partial charge in [-0.25, -0.2) is 0 Å². The second-order valence-corrected chi connectivity index (χ2v) is 4.41. The van der Waals surface area contributed by atoms with Crippen molar-refractivity contribution in [2.75, 3.05) is 39.9 Å². The van der Waals surface area contributed by atoms with Crippen molar-refractivity contribution < 1.29 is 14.3 Å². The third-order valence-corrected chi connectivity index (χ3v) is 3.10. The molecule has 2 rings (SSSR count). The number of ether oxygens (including phenoxy) is 2. The average Bonchev–Trinajstić information content (AvgIpc) is 2.48. The Kier molecular flexibility index (Phi) is 5.03. The standard InChI is InChI=1S/C14H20N2O3/c1-18-12-3-2-4-13(11-12)19-10-5-14(17)16-8-6-15-7-9-16/h2-4,11,15H,5-10H2,1H3. The number of hydrogen-bond donors (Lipinski definition) is 1. The van der Waals surface area contributed by atoms with Gasteiger partial charge in [-0.2, -0.15) is 0 Å². The van der Waals surface area contributed by atoms with Gasteiger partial charge in [0.1, 0.15) is 11.5 Å². The fourth-order valence-corrected chi connectivity index (χ4v) is 2.02. The largest absolute Gasteiger partial charge is 0.497 e. The monoisotopic (exact) mass is 264 g/mol. The molecule has 0 unspecified atom stereocenters. The van der Waals surface area contributed by atoms with Gasteiger partial charge in [0.2, 0.25) is 5.91 Å². The fraction of sp³-hybridized carbons (Fsp3) is 0.500. The average molecular weight is 264 g/mol. The summed E-state index contributed by atoms with van der Waals surface area (Å²) in [5, 5.41) is 3.23. The summed E-state index contributed by atoms with van der Waals surface area (Å²) >= 11 is 0. The van der Waals surface area contributed by atoms with Crippen LogP contribution in [-0.4, -0.2) is 50.7 Å². The molecular formula is C14H20N2O3. The van der Waals surface area contributed by atoms with Crippen LogP contribution in [0.3, 0.4) is 0 Å². The molecule has 5 nitrogen and oxygen atoms in total. The highest BCUT2D eigenvalue weighted by Crippen LogP contribution is 2.18. The van der Waals surface area contributed by atoms with Crippen LogP contribution in [0.15, 0.2) is 24.3 Å². The molecule has 1 aromatic rings. The van der Waals surface area contributed by atoms with Crippen LogP contribution in [0.2, 0.25) is 0 Å². The molecule has 104 valence electrons. The van der Waals surface area contributed by atoms with E-state index < -0.39 is 0 Å². The highest BCUT2D eigenvalue weighted by atomic mass is 16.5. The molecule has 1 amide bonds. The zero-order valence-corrected chi connectivity index (χ0v) is 11.2. The maximum Gasteiger partial charge on any atom is 0.226 e. The quantitative estimate of drug-likeness (QED) is 0.858. The number of nitrogens with one attached hydrogen (secondary N) is 1. The number of amides is 1. The molecular weight excluding hydrogens is 244 g/mol. The van der Waals surface area contributed by atoms with E-state index in [1.54, 1.807) is 7.11 Å². The molecule has 1 aliphatic heterocycles. The molecule has 1 heterocycles. The Hall–Kier alpha value is -1.75. The summed E-state index contributed by atoms with van der Waals surface area (Å²) in [5.41, 5.74) is 0. The summed E-state index contributed by atoms with van der Waals surface area (Å²) in [6.07, 6.45) is 0.414. The molecule has 0 saturated carbocycles. The molecule has 1 fully saturated rings. The second kappa shape index (κ2) is 6.99. The summed E-state index contributed by atoms with van der Waals surface area (Å²) in [6.45, 7) is 3.73. The van der Waals surface area contributed by atoms with Crippen molar-refractivity contribution in [1.29, 1.82) is 0 Å². The number of nitrogens with zero attached hydrogens (tertiary/aromatic N) is 1. The van der Waals surface area contributed by atoms with Gasteiger partial charge in [-0.05, 0) is 12.1 Å². The fourth-order valence-electron chi connectivity index (χ4n) is 2.02. The molecule has 0 radical (unpaired) electrons. The lowest BCUT2D eigenvalue weighted by atomic mass is 10.3. The van der Waals surface area contributed by atoms with E-state index >= 15 is 0 Å². The van der Waals surface area contributed by atoms with E-state index in [1.807, 2.05) is 29.2 Å².